The third-order valence-corrected chi connectivity index (χ3v) is 3.99. The zero-order chi connectivity index (χ0) is 16.8. The van der Waals surface area contributed by atoms with Crippen molar-refractivity contribution in [1.82, 2.24) is 5.32 Å². The van der Waals surface area contributed by atoms with Crippen LogP contribution in [0.4, 0.5) is 0 Å². The molecule has 1 N–H and O–H groups in total. The average molecular weight is 326 g/mol. The molecule has 0 aromatic heterocycles. The van der Waals surface area contributed by atoms with Gasteiger partial charge in [0.2, 0.25) is 0 Å². The quantitative estimate of drug-likeness (QED) is 0.850. The van der Waals surface area contributed by atoms with Crippen molar-refractivity contribution in [1.29, 1.82) is 0 Å². The SMILES string of the molecule is COc1ccc(C2=NOC(CNCc3ccccc3)C2)cc1OC. The maximum atomic E-state index is 5.54. The van der Waals surface area contributed by atoms with Crippen molar-refractivity contribution < 1.29 is 14.3 Å². The number of ether oxygens (including phenoxy) is 2. The minimum absolute atomic E-state index is 0.0526. The van der Waals surface area contributed by atoms with Gasteiger partial charge in [0.25, 0.3) is 0 Å². The van der Waals surface area contributed by atoms with Crippen LogP contribution in [-0.4, -0.2) is 32.6 Å². The number of oxime groups is 1. The van der Waals surface area contributed by atoms with Gasteiger partial charge in [-0.3, -0.25) is 0 Å². The lowest BCUT2D eigenvalue weighted by Gasteiger charge is -2.10. The van der Waals surface area contributed by atoms with Gasteiger partial charge in [-0.15, -0.1) is 0 Å². The number of hydrogen-bond acceptors (Lipinski definition) is 5. The molecule has 126 valence electrons. The number of rotatable bonds is 7. The van der Waals surface area contributed by atoms with Crippen molar-refractivity contribution in [3.8, 4) is 11.5 Å². The minimum atomic E-state index is 0.0526. The zero-order valence-corrected chi connectivity index (χ0v) is 14.0. The summed E-state index contributed by atoms with van der Waals surface area (Å²) in [4.78, 5) is 5.54. The maximum Gasteiger partial charge on any atom is 0.161 e. The van der Waals surface area contributed by atoms with E-state index in [1.54, 1.807) is 14.2 Å². The van der Waals surface area contributed by atoms with E-state index >= 15 is 0 Å². The summed E-state index contributed by atoms with van der Waals surface area (Å²) in [5.41, 5.74) is 3.19. The van der Waals surface area contributed by atoms with E-state index in [9.17, 15) is 0 Å². The molecule has 0 spiro atoms. The Morgan fingerprint density at radius 2 is 1.88 bits per heavy atom. The number of methoxy groups -OCH3 is 2. The van der Waals surface area contributed by atoms with Crippen LogP contribution < -0.4 is 14.8 Å². The normalized spacial score (nSPS) is 16.4. The number of benzene rings is 2. The van der Waals surface area contributed by atoms with Gasteiger partial charge < -0.3 is 19.6 Å². The van der Waals surface area contributed by atoms with E-state index in [1.807, 2.05) is 36.4 Å². The lowest BCUT2D eigenvalue weighted by molar-refractivity contribution is 0.0848. The van der Waals surface area contributed by atoms with Crippen molar-refractivity contribution in [3.63, 3.8) is 0 Å². The predicted octanol–water partition coefficient (Wildman–Crippen LogP) is 2.99. The molecule has 3 rings (SSSR count). The summed E-state index contributed by atoms with van der Waals surface area (Å²) in [5, 5.41) is 7.64. The molecule has 24 heavy (non-hydrogen) atoms. The fourth-order valence-electron chi connectivity index (χ4n) is 2.70. The molecule has 0 aliphatic carbocycles. The summed E-state index contributed by atoms with van der Waals surface area (Å²) in [6, 6.07) is 16.1. The second-order valence-corrected chi connectivity index (χ2v) is 5.66. The Hall–Kier alpha value is -2.53. The highest BCUT2D eigenvalue weighted by atomic mass is 16.6. The molecule has 2 aromatic rings. The van der Waals surface area contributed by atoms with Crippen LogP contribution in [0.25, 0.3) is 0 Å². The fourth-order valence-corrected chi connectivity index (χ4v) is 2.70. The molecule has 1 unspecified atom stereocenters. The highest BCUT2D eigenvalue weighted by Crippen LogP contribution is 2.29. The lowest BCUT2D eigenvalue weighted by Crippen LogP contribution is -2.26. The minimum Gasteiger partial charge on any atom is -0.493 e. The Labute approximate surface area is 142 Å². The van der Waals surface area contributed by atoms with Crippen LogP contribution in [0.3, 0.4) is 0 Å². The monoisotopic (exact) mass is 326 g/mol. The molecule has 1 heterocycles. The van der Waals surface area contributed by atoms with Gasteiger partial charge in [0.1, 0.15) is 6.10 Å². The standard InChI is InChI=1S/C19H22N2O3/c1-22-18-9-8-15(10-19(18)23-2)17-11-16(24-21-17)13-20-12-14-6-4-3-5-7-14/h3-10,16,20H,11-13H2,1-2H3. The van der Waals surface area contributed by atoms with Gasteiger partial charge >= 0.3 is 0 Å². The first-order chi connectivity index (χ1) is 11.8. The maximum absolute atomic E-state index is 5.54. The molecule has 2 aromatic carbocycles. The lowest BCUT2D eigenvalue weighted by atomic mass is 10.0. The van der Waals surface area contributed by atoms with E-state index in [4.69, 9.17) is 14.3 Å². The summed E-state index contributed by atoms with van der Waals surface area (Å²) in [7, 11) is 3.26. The van der Waals surface area contributed by atoms with Crippen LogP contribution in [0.2, 0.25) is 0 Å². The number of nitrogens with one attached hydrogen (secondary N) is 1. The largest absolute Gasteiger partial charge is 0.493 e. The summed E-state index contributed by atoms with van der Waals surface area (Å²) in [6.45, 7) is 1.58. The van der Waals surface area contributed by atoms with E-state index in [0.717, 1.165) is 30.8 Å². The van der Waals surface area contributed by atoms with E-state index in [-0.39, 0.29) is 6.10 Å². The topological polar surface area (TPSA) is 52.1 Å². The molecule has 5 heteroatoms. The molecule has 0 saturated heterocycles. The third kappa shape index (κ3) is 3.86. The molecule has 0 fully saturated rings. The van der Waals surface area contributed by atoms with Crippen molar-refractivity contribution in [2.75, 3.05) is 20.8 Å². The van der Waals surface area contributed by atoms with Crippen LogP contribution in [0.15, 0.2) is 53.7 Å². The highest BCUT2D eigenvalue weighted by Gasteiger charge is 2.22. The van der Waals surface area contributed by atoms with Gasteiger partial charge in [-0.25, -0.2) is 0 Å². The number of hydrogen-bond donors (Lipinski definition) is 1. The van der Waals surface area contributed by atoms with Gasteiger partial charge in [-0.2, -0.15) is 0 Å². The molecule has 0 radical (unpaired) electrons. The van der Waals surface area contributed by atoms with E-state index in [2.05, 4.69) is 22.6 Å². The van der Waals surface area contributed by atoms with Crippen LogP contribution in [0, 0.1) is 0 Å². The van der Waals surface area contributed by atoms with Crippen LogP contribution in [-0.2, 0) is 11.4 Å². The first kappa shape index (κ1) is 16.3. The van der Waals surface area contributed by atoms with Gasteiger partial charge in [-0.05, 0) is 23.8 Å². The van der Waals surface area contributed by atoms with E-state index in [0.29, 0.717) is 11.5 Å². The van der Waals surface area contributed by atoms with E-state index in [1.165, 1.54) is 5.56 Å². The highest BCUT2D eigenvalue weighted by molar-refractivity contribution is 6.01. The Bertz CT molecular complexity index is 701. The molecule has 0 bridgehead atoms. The van der Waals surface area contributed by atoms with Crippen molar-refractivity contribution >= 4 is 5.71 Å². The fraction of sp³-hybridized carbons (Fsp3) is 0.316. The van der Waals surface area contributed by atoms with Crippen molar-refractivity contribution in [2.24, 2.45) is 5.16 Å². The first-order valence-corrected chi connectivity index (χ1v) is 8.00. The predicted molar refractivity (Wildman–Crippen MR) is 93.7 cm³/mol. The van der Waals surface area contributed by atoms with Crippen molar-refractivity contribution in [2.45, 2.75) is 19.1 Å². The molecular weight excluding hydrogens is 304 g/mol. The van der Waals surface area contributed by atoms with Gasteiger partial charge in [0, 0.05) is 25.1 Å². The molecule has 1 atom stereocenters. The Kier molecular flexibility index (Phi) is 5.33. The Balaban J connectivity index is 1.53. The van der Waals surface area contributed by atoms with Gasteiger partial charge in [-0.1, -0.05) is 35.5 Å². The zero-order valence-electron chi connectivity index (χ0n) is 14.0. The van der Waals surface area contributed by atoms with Crippen molar-refractivity contribution in [3.05, 3.63) is 59.7 Å². The first-order valence-electron chi connectivity index (χ1n) is 8.00. The van der Waals surface area contributed by atoms with Gasteiger partial charge in [0.05, 0.1) is 19.9 Å². The van der Waals surface area contributed by atoms with Crippen LogP contribution in [0.5, 0.6) is 11.5 Å². The van der Waals surface area contributed by atoms with E-state index < -0.39 is 0 Å². The summed E-state index contributed by atoms with van der Waals surface area (Å²) in [6.07, 6.45) is 0.828. The molecular formula is C19H22N2O3. The Morgan fingerprint density at radius 1 is 1.08 bits per heavy atom. The Morgan fingerprint density at radius 3 is 2.62 bits per heavy atom. The summed E-state index contributed by atoms with van der Waals surface area (Å²) >= 11 is 0. The molecule has 1 aliphatic rings. The van der Waals surface area contributed by atoms with Crippen LogP contribution in [0.1, 0.15) is 17.5 Å². The average Bonchev–Trinajstić information content (AvgIpc) is 3.11. The van der Waals surface area contributed by atoms with Gasteiger partial charge in [0.15, 0.2) is 11.5 Å². The summed E-state index contributed by atoms with van der Waals surface area (Å²) in [5.74, 6) is 1.41. The molecule has 0 saturated carbocycles. The molecule has 5 nitrogen and oxygen atoms in total. The molecule has 0 amide bonds. The second-order valence-electron chi connectivity index (χ2n) is 5.66. The van der Waals surface area contributed by atoms with Crippen LogP contribution >= 0.6 is 0 Å². The molecule has 1 aliphatic heterocycles. The third-order valence-electron chi connectivity index (χ3n) is 3.99. The smallest absolute Gasteiger partial charge is 0.161 e. The second kappa shape index (κ2) is 7.84. The summed E-state index contributed by atoms with van der Waals surface area (Å²) < 4.78 is 10.6. The number of nitrogens with zero attached hydrogens (tertiary/aromatic N) is 1.